The Morgan fingerprint density at radius 2 is 1.69 bits per heavy atom. The lowest BCUT2D eigenvalue weighted by molar-refractivity contribution is 0.0470. The van der Waals surface area contributed by atoms with Gasteiger partial charge < -0.3 is 9.47 Å². The summed E-state index contributed by atoms with van der Waals surface area (Å²) in [6.07, 6.45) is 7.04. The molecule has 0 N–H and O–H groups in total. The van der Waals surface area contributed by atoms with Crippen LogP contribution < -0.4 is 4.74 Å². The first-order valence-corrected chi connectivity index (χ1v) is 8.33. The summed E-state index contributed by atoms with van der Waals surface area (Å²) in [6.45, 7) is 2.59. The van der Waals surface area contributed by atoms with Gasteiger partial charge in [-0.05, 0) is 41.8 Å². The molecule has 3 rings (SSSR count). The van der Waals surface area contributed by atoms with Crippen LogP contribution in [0.25, 0.3) is 0 Å². The van der Waals surface area contributed by atoms with Gasteiger partial charge in [0.1, 0.15) is 25.3 Å². The zero-order valence-electron chi connectivity index (χ0n) is 14.5. The molecule has 6 heteroatoms. The van der Waals surface area contributed by atoms with Crippen molar-refractivity contribution in [3.63, 3.8) is 0 Å². The molecule has 0 spiro atoms. The van der Waals surface area contributed by atoms with Crippen LogP contribution in [0.15, 0.2) is 61.3 Å². The van der Waals surface area contributed by atoms with E-state index >= 15 is 0 Å². The molecule has 0 bridgehead atoms. The maximum atomic E-state index is 12.2. The van der Waals surface area contributed by atoms with Gasteiger partial charge >= 0.3 is 5.97 Å². The maximum absolute atomic E-state index is 12.2. The third-order valence-electron chi connectivity index (χ3n) is 3.80. The zero-order chi connectivity index (χ0) is 18.2. The van der Waals surface area contributed by atoms with Crippen LogP contribution in [0.1, 0.15) is 34.1 Å². The van der Waals surface area contributed by atoms with E-state index in [0.29, 0.717) is 24.3 Å². The Morgan fingerprint density at radius 1 is 0.962 bits per heavy atom. The van der Waals surface area contributed by atoms with E-state index in [2.05, 4.69) is 15.0 Å². The van der Waals surface area contributed by atoms with E-state index in [-0.39, 0.29) is 6.61 Å². The fourth-order valence-electron chi connectivity index (χ4n) is 2.36. The summed E-state index contributed by atoms with van der Waals surface area (Å²) < 4.78 is 11.1. The van der Waals surface area contributed by atoms with Crippen molar-refractivity contribution < 1.29 is 14.3 Å². The van der Waals surface area contributed by atoms with Gasteiger partial charge in [0, 0.05) is 18.6 Å². The van der Waals surface area contributed by atoms with Crippen LogP contribution in [-0.2, 0) is 24.4 Å². The van der Waals surface area contributed by atoms with Crippen LogP contribution >= 0.6 is 0 Å². The molecule has 132 valence electrons. The summed E-state index contributed by atoms with van der Waals surface area (Å²) in [6, 6.07) is 11.3. The Balaban J connectivity index is 1.53. The molecule has 2 aromatic heterocycles. The lowest BCUT2D eigenvalue weighted by Crippen LogP contribution is -2.10. The fraction of sp³-hybridized carbons (Fsp3) is 0.200. The molecule has 0 aliphatic rings. The Kier molecular flexibility index (Phi) is 5.88. The Morgan fingerprint density at radius 3 is 2.42 bits per heavy atom. The predicted octanol–water partition coefficient (Wildman–Crippen LogP) is 3.37. The third kappa shape index (κ3) is 4.63. The van der Waals surface area contributed by atoms with Crippen molar-refractivity contribution in [2.24, 2.45) is 0 Å². The largest absolute Gasteiger partial charge is 0.489 e. The number of carbonyl (C=O) groups excluding carboxylic acids is 1. The molecular weight excluding hydrogens is 330 g/mol. The van der Waals surface area contributed by atoms with E-state index in [1.807, 2.05) is 43.3 Å². The summed E-state index contributed by atoms with van der Waals surface area (Å²) in [4.78, 5) is 24.2. The zero-order valence-corrected chi connectivity index (χ0v) is 14.5. The number of aryl methyl sites for hydroxylation is 1. The van der Waals surface area contributed by atoms with Crippen molar-refractivity contribution in [2.45, 2.75) is 26.6 Å². The summed E-state index contributed by atoms with van der Waals surface area (Å²) in [5.41, 5.74) is 3.02. The summed E-state index contributed by atoms with van der Waals surface area (Å²) in [5.74, 6) is 0.335. The van der Waals surface area contributed by atoms with E-state index in [1.165, 1.54) is 12.5 Å². The molecular formula is C20H19N3O3. The molecule has 0 saturated heterocycles. The third-order valence-corrected chi connectivity index (χ3v) is 3.80. The second-order valence-electron chi connectivity index (χ2n) is 5.60. The molecule has 6 nitrogen and oxygen atoms in total. The monoisotopic (exact) mass is 349 g/mol. The second-order valence-corrected chi connectivity index (χ2v) is 5.60. The first-order chi connectivity index (χ1) is 12.8. The number of benzene rings is 1. The van der Waals surface area contributed by atoms with Gasteiger partial charge in [0.15, 0.2) is 0 Å². The Hall–Kier alpha value is -3.28. The highest BCUT2D eigenvalue weighted by Crippen LogP contribution is 2.15. The van der Waals surface area contributed by atoms with Gasteiger partial charge in [0.2, 0.25) is 0 Å². The van der Waals surface area contributed by atoms with Crippen molar-refractivity contribution in [3.05, 3.63) is 83.7 Å². The molecule has 0 aliphatic carbocycles. The van der Waals surface area contributed by atoms with Crippen LogP contribution in [0, 0.1) is 0 Å². The van der Waals surface area contributed by atoms with Gasteiger partial charge in [0.05, 0.1) is 11.3 Å². The van der Waals surface area contributed by atoms with Crippen molar-refractivity contribution in [1.82, 2.24) is 15.0 Å². The highest BCUT2D eigenvalue weighted by molar-refractivity contribution is 5.90. The van der Waals surface area contributed by atoms with Crippen LogP contribution in [-0.4, -0.2) is 20.9 Å². The lowest BCUT2D eigenvalue weighted by atomic mass is 10.2. The van der Waals surface area contributed by atoms with E-state index in [0.717, 1.165) is 16.9 Å². The summed E-state index contributed by atoms with van der Waals surface area (Å²) in [7, 11) is 0. The second kappa shape index (κ2) is 8.71. The lowest BCUT2D eigenvalue weighted by Gasteiger charge is -2.09. The van der Waals surface area contributed by atoms with E-state index in [4.69, 9.17) is 9.47 Å². The highest BCUT2D eigenvalue weighted by Gasteiger charge is 2.13. The first kappa shape index (κ1) is 17.5. The molecule has 1 aromatic carbocycles. The summed E-state index contributed by atoms with van der Waals surface area (Å²) >= 11 is 0. The molecule has 3 aromatic rings. The van der Waals surface area contributed by atoms with Gasteiger partial charge in [-0.15, -0.1) is 0 Å². The maximum Gasteiger partial charge on any atom is 0.341 e. The standard InChI is InChI=1S/C20H19N3O3/c1-2-19-18(11-22-14-23-19)20(24)26-13-15-3-5-17(6-4-15)25-12-16-7-9-21-10-8-16/h3-11,14H,2,12-13H2,1H3. The quantitative estimate of drug-likeness (QED) is 0.609. The van der Waals surface area contributed by atoms with Gasteiger partial charge in [-0.25, -0.2) is 14.8 Å². The van der Waals surface area contributed by atoms with Crippen molar-refractivity contribution in [3.8, 4) is 5.75 Å². The number of hydrogen-bond acceptors (Lipinski definition) is 6. The molecule has 26 heavy (non-hydrogen) atoms. The number of ether oxygens (including phenoxy) is 2. The van der Waals surface area contributed by atoms with Crippen LogP contribution in [0.5, 0.6) is 5.75 Å². The van der Waals surface area contributed by atoms with Crippen molar-refractivity contribution in [2.75, 3.05) is 0 Å². The molecule has 0 amide bonds. The Labute approximate surface area is 151 Å². The van der Waals surface area contributed by atoms with Gasteiger partial charge in [-0.2, -0.15) is 0 Å². The average Bonchev–Trinajstić information content (AvgIpc) is 2.72. The number of aromatic nitrogens is 3. The minimum Gasteiger partial charge on any atom is -0.489 e. The molecule has 0 atom stereocenters. The number of carbonyl (C=O) groups is 1. The van der Waals surface area contributed by atoms with Crippen LogP contribution in [0.3, 0.4) is 0 Å². The smallest absolute Gasteiger partial charge is 0.341 e. The molecule has 2 heterocycles. The number of hydrogen-bond donors (Lipinski definition) is 0. The number of esters is 1. The van der Waals surface area contributed by atoms with Crippen molar-refractivity contribution >= 4 is 5.97 Å². The topological polar surface area (TPSA) is 74.2 Å². The first-order valence-electron chi connectivity index (χ1n) is 8.33. The fourth-order valence-corrected chi connectivity index (χ4v) is 2.36. The van der Waals surface area contributed by atoms with E-state index in [9.17, 15) is 4.79 Å². The van der Waals surface area contributed by atoms with E-state index in [1.54, 1.807) is 12.4 Å². The SMILES string of the molecule is CCc1ncncc1C(=O)OCc1ccc(OCc2ccncc2)cc1. The molecule has 0 aliphatic heterocycles. The number of pyridine rings is 1. The molecule has 0 fully saturated rings. The summed E-state index contributed by atoms with van der Waals surface area (Å²) in [5, 5.41) is 0. The predicted molar refractivity (Wildman–Crippen MR) is 95.5 cm³/mol. The van der Waals surface area contributed by atoms with Crippen molar-refractivity contribution in [1.29, 1.82) is 0 Å². The van der Waals surface area contributed by atoms with Gasteiger partial charge in [0.25, 0.3) is 0 Å². The number of nitrogens with zero attached hydrogens (tertiary/aromatic N) is 3. The average molecular weight is 349 g/mol. The Bertz CT molecular complexity index is 852. The normalized spacial score (nSPS) is 10.3. The molecule has 0 saturated carbocycles. The molecule has 0 unspecified atom stereocenters. The number of rotatable bonds is 7. The highest BCUT2D eigenvalue weighted by atomic mass is 16.5. The molecule has 0 radical (unpaired) electrons. The van der Waals surface area contributed by atoms with Crippen LogP contribution in [0.4, 0.5) is 0 Å². The van der Waals surface area contributed by atoms with Gasteiger partial charge in [-0.1, -0.05) is 19.1 Å². The minimum absolute atomic E-state index is 0.182. The van der Waals surface area contributed by atoms with Gasteiger partial charge in [-0.3, -0.25) is 4.98 Å². The van der Waals surface area contributed by atoms with E-state index < -0.39 is 5.97 Å². The van der Waals surface area contributed by atoms with Crippen LogP contribution in [0.2, 0.25) is 0 Å². The minimum atomic E-state index is -0.416.